The number of urea groups is 1. The molecule has 0 aliphatic carbocycles. The molecule has 0 unspecified atom stereocenters. The molecule has 110 valence electrons. The lowest BCUT2D eigenvalue weighted by Gasteiger charge is -2.31. The first-order chi connectivity index (χ1) is 9.72. The first-order valence-corrected chi connectivity index (χ1v) is 8.22. The lowest BCUT2D eigenvalue weighted by Crippen LogP contribution is -2.45. The second kappa shape index (κ2) is 7.55. The molecule has 0 aromatic heterocycles. The van der Waals surface area contributed by atoms with E-state index in [9.17, 15) is 9.90 Å². The third-order valence-corrected chi connectivity index (χ3v) is 4.41. The highest BCUT2D eigenvalue weighted by atomic mass is 32.2. The van der Waals surface area contributed by atoms with Crippen molar-refractivity contribution in [2.24, 2.45) is 5.92 Å². The average Bonchev–Trinajstić information content (AvgIpc) is 2.53. The van der Waals surface area contributed by atoms with E-state index in [0.29, 0.717) is 13.1 Å². The maximum atomic E-state index is 12.1. The Bertz CT molecular complexity index is 436. The van der Waals surface area contributed by atoms with E-state index in [1.807, 2.05) is 18.4 Å². The Labute approximate surface area is 124 Å². The molecule has 1 heterocycles. The fourth-order valence-electron chi connectivity index (χ4n) is 2.43. The van der Waals surface area contributed by atoms with Crippen LogP contribution in [0.2, 0.25) is 0 Å². The normalized spacial score (nSPS) is 18.9. The Morgan fingerprint density at radius 2 is 2.20 bits per heavy atom. The molecule has 1 aromatic carbocycles. The quantitative estimate of drug-likeness (QED) is 0.838. The third kappa shape index (κ3) is 4.15. The van der Waals surface area contributed by atoms with Crippen molar-refractivity contribution in [2.45, 2.75) is 24.3 Å². The number of benzene rings is 1. The van der Waals surface area contributed by atoms with E-state index in [-0.39, 0.29) is 18.6 Å². The predicted octanol–water partition coefficient (Wildman–Crippen LogP) is 2.32. The minimum Gasteiger partial charge on any atom is -0.396 e. The van der Waals surface area contributed by atoms with Crippen molar-refractivity contribution in [1.82, 2.24) is 10.2 Å². The fourth-order valence-corrected chi connectivity index (χ4v) is 2.84. The number of hydrogen-bond acceptors (Lipinski definition) is 3. The van der Waals surface area contributed by atoms with E-state index in [4.69, 9.17) is 0 Å². The van der Waals surface area contributed by atoms with E-state index in [1.165, 1.54) is 4.90 Å². The van der Waals surface area contributed by atoms with Crippen LogP contribution in [-0.2, 0) is 6.54 Å². The van der Waals surface area contributed by atoms with Crippen LogP contribution in [-0.4, -0.2) is 42.0 Å². The van der Waals surface area contributed by atoms with Gasteiger partial charge in [-0.05, 0) is 42.7 Å². The first kappa shape index (κ1) is 15.2. The fraction of sp³-hybridized carbons (Fsp3) is 0.533. The van der Waals surface area contributed by atoms with Crippen molar-refractivity contribution >= 4 is 17.8 Å². The third-order valence-electron chi connectivity index (χ3n) is 3.67. The van der Waals surface area contributed by atoms with Crippen molar-refractivity contribution in [2.75, 3.05) is 26.0 Å². The molecule has 20 heavy (non-hydrogen) atoms. The molecule has 2 N–H and O–H groups in total. The second-order valence-electron chi connectivity index (χ2n) is 5.14. The van der Waals surface area contributed by atoms with E-state index >= 15 is 0 Å². The molecule has 2 rings (SSSR count). The summed E-state index contributed by atoms with van der Waals surface area (Å²) < 4.78 is 0. The maximum absolute atomic E-state index is 12.1. The SMILES string of the molecule is CSc1ccc(CNC(=O)N2CCC[C@@H](CO)C2)cc1. The summed E-state index contributed by atoms with van der Waals surface area (Å²) in [7, 11) is 0. The summed E-state index contributed by atoms with van der Waals surface area (Å²) in [5.41, 5.74) is 1.10. The van der Waals surface area contributed by atoms with E-state index in [2.05, 4.69) is 17.4 Å². The van der Waals surface area contributed by atoms with Crippen LogP contribution in [0.3, 0.4) is 0 Å². The average molecular weight is 294 g/mol. The zero-order valence-electron chi connectivity index (χ0n) is 11.8. The van der Waals surface area contributed by atoms with Crippen LogP contribution >= 0.6 is 11.8 Å². The topological polar surface area (TPSA) is 52.6 Å². The highest BCUT2D eigenvalue weighted by molar-refractivity contribution is 7.98. The van der Waals surface area contributed by atoms with Crippen molar-refractivity contribution in [1.29, 1.82) is 0 Å². The molecule has 2 amide bonds. The minimum absolute atomic E-state index is 0.0305. The Morgan fingerprint density at radius 1 is 1.45 bits per heavy atom. The number of aliphatic hydroxyl groups excluding tert-OH is 1. The Kier molecular flexibility index (Phi) is 5.73. The van der Waals surface area contributed by atoms with Crippen LogP contribution < -0.4 is 5.32 Å². The monoisotopic (exact) mass is 294 g/mol. The van der Waals surface area contributed by atoms with Gasteiger partial charge in [0.05, 0.1) is 0 Å². The van der Waals surface area contributed by atoms with Gasteiger partial charge >= 0.3 is 6.03 Å². The minimum atomic E-state index is -0.0305. The van der Waals surface area contributed by atoms with Gasteiger partial charge < -0.3 is 15.3 Å². The van der Waals surface area contributed by atoms with Gasteiger partial charge in [-0.2, -0.15) is 0 Å². The molecule has 1 atom stereocenters. The van der Waals surface area contributed by atoms with Gasteiger partial charge in [0.1, 0.15) is 0 Å². The van der Waals surface area contributed by atoms with Gasteiger partial charge in [-0.3, -0.25) is 0 Å². The highest BCUT2D eigenvalue weighted by Crippen LogP contribution is 2.16. The summed E-state index contributed by atoms with van der Waals surface area (Å²) in [6.45, 7) is 2.16. The zero-order chi connectivity index (χ0) is 14.4. The lowest BCUT2D eigenvalue weighted by molar-refractivity contribution is 0.129. The van der Waals surface area contributed by atoms with Gasteiger partial charge in [0.25, 0.3) is 0 Å². The molecule has 1 saturated heterocycles. The van der Waals surface area contributed by atoms with Gasteiger partial charge in [0.2, 0.25) is 0 Å². The number of likely N-dealkylation sites (tertiary alicyclic amines) is 1. The molecule has 1 fully saturated rings. The number of carbonyl (C=O) groups is 1. The molecule has 1 aliphatic heterocycles. The smallest absolute Gasteiger partial charge is 0.317 e. The zero-order valence-corrected chi connectivity index (χ0v) is 12.7. The largest absolute Gasteiger partial charge is 0.396 e. The molecule has 0 saturated carbocycles. The maximum Gasteiger partial charge on any atom is 0.317 e. The first-order valence-electron chi connectivity index (χ1n) is 6.99. The number of nitrogens with zero attached hydrogens (tertiary/aromatic N) is 1. The Balaban J connectivity index is 1.81. The summed E-state index contributed by atoms with van der Waals surface area (Å²) in [5, 5.41) is 12.1. The molecule has 1 aromatic rings. The van der Waals surface area contributed by atoms with Gasteiger partial charge in [0, 0.05) is 31.1 Å². The van der Waals surface area contributed by atoms with Crippen LogP contribution in [0.4, 0.5) is 4.79 Å². The van der Waals surface area contributed by atoms with E-state index < -0.39 is 0 Å². The number of carbonyl (C=O) groups excluding carboxylic acids is 1. The summed E-state index contributed by atoms with van der Waals surface area (Å²) in [6.07, 6.45) is 4.03. The summed E-state index contributed by atoms with van der Waals surface area (Å²) in [5.74, 6) is 0.232. The van der Waals surface area contributed by atoms with E-state index in [1.54, 1.807) is 16.7 Å². The summed E-state index contributed by atoms with van der Waals surface area (Å²) in [4.78, 5) is 15.1. The summed E-state index contributed by atoms with van der Waals surface area (Å²) >= 11 is 1.71. The van der Waals surface area contributed by atoms with Gasteiger partial charge in [0.15, 0.2) is 0 Å². The van der Waals surface area contributed by atoms with Crippen LogP contribution in [0.15, 0.2) is 29.2 Å². The van der Waals surface area contributed by atoms with Gasteiger partial charge in [-0.15, -0.1) is 11.8 Å². The number of rotatable bonds is 4. The molecule has 5 heteroatoms. The molecular weight excluding hydrogens is 272 g/mol. The molecule has 0 radical (unpaired) electrons. The summed E-state index contributed by atoms with van der Waals surface area (Å²) in [6, 6.07) is 8.18. The highest BCUT2D eigenvalue weighted by Gasteiger charge is 2.22. The number of piperidine rings is 1. The standard InChI is InChI=1S/C15H22N2O2S/c1-20-14-6-4-12(5-7-14)9-16-15(19)17-8-2-3-13(10-17)11-18/h4-7,13,18H,2-3,8-11H2,1H3,(H,16,19)/t13-/m1/s1. The van der Waals surface area contributed by atoms with Gasteiger partial charge in [-0.25, -0.2) is 4.79 Å². The Hall–Kier alpha value is -1.20. The number of nitrogens with one attached hydrogen (secondary N) is 1. The van der Waals surface area contributed by atoms with Crippen molar-refractivity contribution < 1.29 is 9.90 Å². The molecular formula is C15H22N2O2S. The van der Waals surface area contributed by atoms with Crippen molar-refractivity contribution in [3.05, 3.63) is 29.8 Å². The predicted molar refractivity (Wildman–Crippen MR) is 81.8 cm³/mol. The number of amides is 2. The van der Waals surface area contributed by atoms with Crippen LogP contribution in [0.1, 0.15) is 18.4 Å². The van der Waals surface area contributed by atoms with E-state index in [0.717, 1.165) is 24.9 Å². The molecule has 0 bridgehead atoms. The van der Waals surface area contributed by atoms with Crippen LogP contribution in [0.5, 0.6) is 0 Å². The second-order valence-corrected chi connectivity index (χ2v) is 6.02. The van der Waals surface area contributed by atoms with Crippen molar-refractivity contribution in [3.63, 3.8) is 0 Å². The van der Waals surface area contributed by atoms with Crippen LogP contribution in [0.25, 0.3) is 0 Å². The molecule has 0 spiro atoms. The lowest BCUT2D eigenvalue weighted by atomic mass is 9.99. The number of hydrogen-bond donors (Lipinski definition) is 2. The number of thioether (sulfide) groups is 1. The number of aliphatic hydroxyl groups is 1. The Morgan fingerprint density at radius 3 is 2.85 bits per heavy atom. The molecule has 1 aliphatic rings. The van der Waals surface area contributed by atoms with Crippen molar-refractivity contribution in [3.8, 4) is 0 Å². The van der Waals surface area contributed by atoms with Crippen LogP contribution in [0, 0.1) is 5.92 Å². The van der Waals surface area contributed by atoms with Gasteiger partial charge in [-0.1, -0.05) is 12.1 Å². The molecule has 4 nitrogen and oxygen atoms in total.